The van der Waals surface area contributed by atoms with E-state index in [0.717, 1.165) is 21.1 Å². The second-order valence-electron chi connectivity index (χ2n) is 7.64. The van der Waals surface area contributed by atoms with Crippen molar-refractivity contribution in [3.8, 4) is 10.6 Å². The number of nitrogens with zero attached hydrogens (tertiary/aromatic N) is 1. The molecule has 3 N–H and O–H groups in total. The highest BCUT2D eigenvalue weighted by Gasteiger charge is 2.25. The zero-order valence-electron chi connectivity index (χ0n) is 18.6. The lowest BCUT2D eigenvalue weighted by Gasteiger charge is -2.18. The van der Waals surface area contributed by atoms with Gasteiger partial charge in [-0.2, -0.15) is 0 Å². The summed E-state index contributed by atoms with van der Waals surface area (Å²) in [6.45, 7) is 0.202. The number of aromatic nitrogens is 1. The fourth-order valence-electron chi connectivity index (χ4n) is 3.36. The molecule has 3 aromatic heterocycles. The van der Waals surface area contributed by atoms with Crippen molar-refractivity contribution >= 4 is 50.9 Å². The Balaban J connectivity index is 1.53. The molecule has 9 nitrogen and oxygen atoms in total. The zero-order chi connectivity index (χ0) is 25.3. The summed E-state index contributed by atoms with van der Waals surface area (Å²) in [5.74, 6) is -2.16. The molecule has 0 aliphatic heterocycles. The summed E-state index contributed by atoms with van der Waals surface area (Å²) < 4.78 is 28.1. The van der Waals surface area contributed by atoms with Gasteiger partial charge in [0.05, 0.1) is 29.0 Å². The number of unbranched alkanes of at least 4 members (excludes halogenated alkanes) is 1. The summed E-state index contributed by atoms with van der Waals surface area (Å²) in [6.07, 6.45) is 3.05. The lowest BCUT2D eigenvalue weighted by Crippen LogP contribution is -2.40. The highest BCUT2D eigenvalue weighted by molar-refractivity contribution is 7.91. The summed E-state index contributed by atoms with van der Waals surface area (Å²) in [4.78, 5) is 40.6. The lowest BCUT2D eigenvalue weighted by molar-refractivity contribution is -0.138. The Morgan fingerprint density at radius 2 is 1.94 bits per heavy atom. The van der Waals surface area contributed by atoms with Gasteiger partial charge in [-0.3, -0.25) is 14.6 Å². The number of amides is 1. The number of hydrogen-bond acceptors (Lipinski definition) is 8. The first-order valence-electron chi connectivity index (χ1n) is 10.8. The minimum Gasteiger partial charge on any atom is -0.481 e. The Kier molecular flexibility index (Phi) is 9.66. The molecular weight excluding hydrogens is 510 g/mol. The van der Waals surface area contributed by atoms with Gasteiger partial charge in [0.15, 0.2) is 0 Å². The zero-order valence-corrected chi connectivity index (χ0v) is 21.1. The standard InChI is InChI=1S/C23H25N3O6S3/c27-15-16(14-21(28)29)26-23(30)17(19-8-5-13-33-19)6-1-4-12-25-35(31,32)22-10-9-20(34-22)18-7-2-3-11-24-18/h2-3,5,7-11,13,15-17,25H,1,4,6,12,14H2,(H,26,30)(H,28,29)/t16-,17?/m0/s1. The van der Waals surface area contributed by atoms with Crippen molar-refractivity contribution in [2.75, 3.05) is 6.54 Å². The predicted molar refractivity (Wildman–Crippen MR) is 134 cm³/mol. The van der Waals surface area contributed by atoms with Gasteiger partial charge in [-0.25, -0.2) is 13.1 Å². The van der Waals surface area contributed by atoms with Gasteiger partial charge in [-0.05, 0) is 48.6 Å². The number of aliphatic carboxylic acids is 1. The van der Waals surface area contributed by atoms with Crippen LogP contribution < -0.4 is 10.0 Å². The van der Waals surface area contributed by atoms with Gasteiger partial charge >= 0.3 is 5.97 Å². The van der Waals surface area contributed by atoms with Crippen LogP contribution >= 0.6 is 22.7 Å². The van der Waals surface area contributed by atoms with Crippen LogP contribution in [0.1, 0.15) is 36.5 Å². The second kappa shape index (κ2) is 12.7. The van der Waals surface area contributed by atoms with E-state index in [1.54, 1.807) is 30.5 Å². The fraction of sp³-hybridized carbons (Fsp3) is 0.304. The minimum atomic E-state index is -3.67. The molecule has 1 amide bonds. The second-order valence-corrected chi connectivity index (χ2v) is 11.7. The summed E-state index contributed by atoms with van der Waals surface area (Å²) in [5, 5.41) is 13.2. The molecule has 0 saturated carbocycles. The molecule has 2 atom stereocenters. The number of pyridine rings is 1. The highest BCUT2D eigenvalue weighted by atomic mass is 32.2. The first kappa shape index (κ1) is 26.7. The molecule has 0 fully saturated rings. The summed E-state index contributed by atoms with van der Waals surface area (Å²) >= 11 is 2.53. The molecule has 0 aliphatic carbocycles. The van der Waals surface area contributed by atoms with Crippen LogP contribution in [0.25, 0.3) is 10.6 Å². The molecule has 186 valence electrons. The van der Waals surface area contributed by atoms with Crippen molar-refractivity contribution < 1.29 is 27.9 Å². The molecule has 0 aromatic carbocycles. The van der Waals surface area contributed by atoms with Crippen LogP contribution in [0.4, 0.5) is 0 Å². The number of thiophene rings is 2. The van der Waals surface area contributed by atoms with Crippen LogP contribution in [-0.2, 0) is 24.4 Å². The van der Waals surface area contributed by atoms with Crippen LogP contribution in [-0.4, -0.2) is 49.3 Å². The van der Waals surface area contributed by atoms with Crippen molar-refractivity contribution in [1.29, 1.82) is 0 Å². The van der Waals surface area contributed by atoms with E-state index in [2.05, 4.69) is 15.0 Å². The normalized spacial score (nSPS) is 13.1. The Hall–Kier alpha value is -2.93. The third kappa shape index (κ3) is 7.79. The van der Waals surface area contributed by atoms with Gasteiger partial charge in [0.1, 0.15) is 10.5 Å². The number of nitrogens with one attached hydrogen (secondary N) is 2. The maximum atomic E-state index is 12.7. The third-order valence-electron chi connectivity index (χ3n) is 5.06. The molecule has 0 saturated heterocycles. The number of hydrogen-bond donors (Lipinski definition) is 3. The monoisotopic (exact) mass is 535 g/mol. The average Bonchev–Trinajstić information content (AvgIpc) is 3.54. The Bertz CT molecular complexity index is 1230. The maximum absolute atomic E-state index is 12.7. The Labute approximate surface area is 211 Å². The average molecular weight is 536 g/mol. The summed E-state index contributed by atoms with van der Waals surface area (Å²) in [5.41, 5.74) is 0.706. The molecule has 0 aliphatic rings. The molecule has 0 bridgehead atoms. The van der Waals surface area contributed by atoms with Gasteiger partial charge in [-0.15, -0.1) is 22.7 Å². The molecule has 12 heteroatoms. The van der Waals surface area contributed by atoms with E-state index in [0.29, 0.717) is 31.2 Å². The third-order valence-corrected chi connectivity index (χ3v) is 9.11. The first-order valence-corrected chi connectivity index (χ1v) is 14.0. The Morgan fingerprint density at radius 1 is 1.11 bits per heavy atom. The number of carbonyl (C=O) groups excluding carboxylic acids is 2. The van der Waals surface area contributed by atoms with Crippen molar-refractivity contribution in [3.05, 3.63) is 58.9 Å². The maximum Gasteiger partial charge on any atom is 0.305 e. The SMILES string of the molecule is O=C[C@H](CC(=O)O)NC(=O)C(CCCCNS(=O)(=O)c1ccc(-c2ccccn2)s1)c1cccs1. The topological polar surface area (TPSA) is 143 Å². The van der Waals surface area contributed by atoms with Crippen LogP contribution in [0, 0.1) is 0 Å². The molecule has 3 rings (SSSR count). The van der Waals surface area contributed by atoms with Gasteiger partial charge in [-0.1, -0.05) is 18.6 Å². The molecule has 0 radical (unpaired) electrons. The van der Waals surface area contributed by atoms with Crippen LogP contribution in [0.5, 0.6) is 0 Å². The number of carboxylic acid groups (broad SMARTS) is 1. The van der Waals surface area contributed by atoms with Crippen LogP contribution in [0.3, 0.4) is 0 Å². The van der Waals surface area contributed by atoms with Crippen molar-refractivity contribution in [1.82, 2.24) is 15.0 Å². The predicted octanol–water partition coefficient (Wildman–Crippen LogP) is 3.26. The van der Waals surface area contributed by atoms with Gasteiger partial charge in [0.2, 0.25) is 15.9 Å². The van der Waals surface area contributed by atoms with E-state index in [4.69, 9.17) is 5.11 Å². The molecule has 1 unspecified atom stereocenters. The van der Waals surface area contributed by atoms with E-state index in [1.807, 2.05) is 23.6 Å². The van der Waals surface area contributed by atoms with Gasteiger partial charge in [0.25, 0.3) is 0 Å². The van der Waals surface area contributed by atoms with E-state index in [1.165, 1.54) is 11.3 Å². The summed E-state index contributed by atoms with van der Waals surface area (Å²) in [6, 6.07) is 11.2. The van der Waals surface area contributed by atoms with Crippen LogP contribution in [0.15, 0.2) is 58.3 Å². The van der Waals surface area contributed by atoms with Crippen molar-refractivity contribution in [2.24, 2.45) is 0 Å². The van der Waals surface area contributed by atoms with E-state index in [9.17, 15) is 22.8 Å². The van der Waals surface area contributed by atoms with E-state index >= 15 is 0 Å². The summed E-state index contributed by atoms with van der Waals surface area (Å²) in [7, 11) is -3.67. The van der Waals surface area contributed by atoms with Gasteiger partial charge in [0, 0.05) is 17.6 Å². The minimum absolute atomic E-state index is 0.201. The molecule has 3 aromatic rings. The number of carboxylic acids is 1. The molecule has 35 heavy (non-hydrogen) atoms. The highest BCUT2D eigenvalue weighted by Crippen LogP contribution is 2.29. The molecular formula is C23H25N3O6S3. The number of rotatable bonds is 14. The van der Waals surface area contributed by atoms with Crippen molar-refractivity contribution in [3.63, 3.8) is 0 Å². The quantitative estimate of drug-likeness (QED) is 0.212. The number of sulfonamides is 1. The van der Waals surface area contributed by atoms with E-state index in [-0.39, 0.29) is 10.8 Å². The molecule has 3 heterocycles. The van der Waals surface area contributed by atoms with Gasteiger partial charge < -0.3 is 15.2 Å². The Morgan fingerprint density at radius 3 is 2.60 bits per heavy atom. The van der Waals surface area contributed by atoms with Crippen molar-refractivity contribution in [2.45, 2.75) is 41.9 Å². The smallest absolute Gasteiger partial charge is 0.305 e. The lowest BCUT2D eigenvalue weighted by atomic mass is 9.98. The largest absolute Gasteiger partial charge is 0.481 e. The number of aldehydes is 1. The first-order chi connectivity index (χ1) is 16.8. The van der Waals surface area contributed by atoms with Crippen LogP contribution in [0.2, 0.25) is 0 Å². The van der Waals surface area contributed by atoms with E-state index < -0.39 is 40.3 Å². The fourth-order valence-corrected chi connectivity index (χ4v) is 6.62. The molecule has 0 spiro atoms. The number of carbonyl (C=O) groups is 3.